The van der Waals surface area contributed by atoms with E-state index in [-0.39, 0.29) is 5.56 Å². The number of hydrogen-bond donors (Lipinski definition) is 1. The van der Waals surface area contributed by atoms with Crippen LogP contribution < -0.4 is 10.5 Å². The Bertz CT molecular complexity index is 728. The molecule has 120 valence electrons. The third-order valence-corrected chi connectivity index (χ3v) is 4.52. The van der Waals surface area contributed by atoms with E-state index in [2.05, 4.69) is 15.1 Å². The number of hydrogen-bond acceptors (Lipinski definition) is 5. The van der Waals surface area contributed by atoms with Gasteiger partial charge in [-0.25, -0.2) is 5.10 Å². The van der Waals surface area contributed by atoms with Gasteiger partial charge >= 0.3 is 0 Å². The van der Waals surface area contributed by atoms with Crippen LogP contribution in [0.5, 0.6) is 0 Å². The van der Waals surface area contributed by atoms with Crippen LogP contribution in [0, 0.1) is 0 Å². The number of H-pyrrole nitrogens is 1. The maximum absolute atomic E-state index is 11.8. The Morgan fingerprint density at radius 1 is 1.09 bits per heavy atom. The van der Waals surface area contributed by atoms with E-state index in [9.17, 15) is 4.79 Å². The Morgan fingerprint density at radius 2 is 1.78 bits per heavy atom. The largest absolute Gasteiger partial charge is 0.369 e. The molecule has 2 fully saturated rings. The van der Waals surface area contributed by atoms with Gasteiger partial charge in [-0.15, -0.1) is 0 Å². The van der Waals surface area contributed by atoms with Crippen molar-refractivity contribution in [3.8, 4) is 11.3 Å². The molecule has 1 spiro atoms. The molecule has 1 N–H and O–H groups in total. The summed E-state index contributed by atoms with van der Waals surface area (Å²) in [6, 6.07) is 11.5. The van der Waals surface area contributed by atoms with E-state index in [1.54, 1.807) is 6.07 Å². The maximum Gasteiger partial charge on any atom is 0.266 e. The monoisotopic (exact) mass is 313 g/mol. The number of nitrogens with zero attached hydrogens (tertiary/aromatic N) is 2. The topological polar surface area (TPSA) is 67.5 Å². The van der Waals surface area contributed by atoms with E-state index in [1.165, 1.54) is 0 Å². The van der Waals surface area contributed by atoms with E-state index in [0.717, 1.165) is 42.9 Å². The van der Waals surface area contributed by atoms with Crippen molar-refractivity contribution >= 4 is 5.69 Å². The molecule has 2 saturated heterocycles. The van der Waals surface area contributed by atoms with Crippen LogP contribution in [0.3, 0.4) is 0 Å². The molecule has 0 radical (unpaired) electrons. The molecule has 0 unspecified atom stereocenters. The molecule has 6 nitrogen and oxygen atoms in total. The highest BCUT2D eigenvalue weighted by Crippen LogP contribution is 2.35. The van der Waals surface area contributed by atoms with Gasteiger partial charge in [0.15, 0.2) is 5.79 Å². The fourth-order valence-electron chi connectivity index (χ4n) is 3.32. The van der Waals surface area contributed by atoms with Crippen molar-refractivity contribution in [1.29, 1.82) is 0 Å². The lowest BCUT2D eigenvalue weighted by atomic mass is 10.0. The number of piperidine rings is 1. The summed E-state index contributed by atoms with van der Waals surface area (Å²) in [5.41, 5.74) is 2.47. The summed E-state index contributed by atoms with van der Waals surface area (Å²) in [6.45, 7) is 2.90. The predicted octanol–water partition coefficient (Wildman–Crippen LogP) is 1.78. The normalized spacial score (nSPS) is 20.1. The lowest BCUT2D eigenvalue weighted by Gasteiger charge is -2.39. The fraction of sp³-hybridized carbons (Fsp3) is 0.412. The molecule has 2 aliphatic heterocycles. The molecule has 4 rings (SSSR count). The zero-order valence-corrected chi connectivity index (χ0v) is 12.8. The van der Waals surface area contributed by atoms with Crippen LogP contribution in [0.4, 0.5) is 5.69 Å². The van der Waals surface area contributed by atoms with Gasteiger partial charge in [0.05, 0.1) is 18.9 Å². The van der Waals surface area contributed by atoms with Crippen LogP contribution in [0.15, 0.2) is 41.2 Å². The highest BCUT2D eigenvalue weighted by molar-refractivity contribution is 5.74. The summed E-state index contributed by atoms with van der Waals surface area (Å²) in [7, 11) is 0. The summed E-state index contributed by atoms with van der Waals surface area (Å²) >= 11 is 0. The zero-order chi connectivity index (χ0) is 15.7. The van der Waals surface area contributed by atoms with E-state index in [0.29, 0.717) is 13.2 Å². The number of anilines is 1. The minimum absolute atomic E-state index is 0.187. The number of benzene rings is 1. The molecule has 6 heteroatoms. The SMILES string of the molecule is O=c1cc(N2CCC3(CC2)OCCO3)c(-c2ccccc2)n[nH]1. The summed E-state index contributed by atoms with van der Waals surface area (Å²) < 4.78 is 11.5. The van der Waals surface area contributed by atoms with Gasteiger partial charge in [-0.05, 0) is 0 Å². The minimum atomic E-state index is -0.419. The van der Waals surface area contributed by atoms with Gasteiger partial charge in [0.1, 0.15) is 5.69 Å². The Morgan fingerprint density at radius 3 is 2.48 bits per heavy atom. The minimum Gasteiger partial charge on any atom is -0.369 e. The highest BCUT2D eigenvalue weighted by Gasteiger charge is 2.40. The van der Waals surface area contributed by atoms with Crippen molar-refractivity contribution in [3.05, 3.63) is 46.8 Å². The van der Waals surface area contributed by atoms with Crippen LogP contribution in [0.25, 0.3) is 11.3 Å². The van der Waals surface area contributed by atoms with Gasteiger partial charge in [-0.3, -0.25) is 4.79 Å². The number of aromatic amines is 1. The Kier molecular flexibility index (Phi) is 3.63. The lowest BCUT2D eigenvalue weighted by Crippen LogP contribution is -2.45. The lowest BCUT2D eigenvalue weighted by molar-refractivity contribution is -0.169. The molecule has 0 bridgehead atoms. The van der Waals surface area contributed by atoms with Gasteiger partial charge < -0.3 is 14.4 Å². The summed E-state index contributed by atoms with van der Waals surface area (Å²) in [6.07, 6.45) is 1.60. The van der Waals surface area contributed by atoms with E-state index < -0.39 is 5.79 Å². The second-order valence-corrected chi connectivity index (χ2v) is 5.93. The van der Waals surface area contributed by atoms with Crippen LogP contribution in [-0.2, 0) is 9.47 Å². The zero-order valence-electron chi connectivity index (χ0n) is 12.8. The maximum atomic E-state index is 11.8. The summed E-state index contributed by atoms with van der Waals surface area (Å²) in [5, 5.41) is 6.82. The van der Waals surface area contributed by atoms with Crippen molar-refractivity contribution in [2.75, 3.05) is 31.2 Å². The first-order valence-corrected chi connectivity index (χ1v) is 7.94. The number of nitrogens with one attached hydrogen (secondary N) is 1. The van der Waals surface area contributed by atoms with Crippen molar-refractivity contribution in [3.63, 3.8) is 0 Å². The van der Waals surface area contributed by atoms with Crippen LogP contribution >= 0.6 is 0 Å². The van der Waals surface area contributed by atoms with Crippen LogP contribution in [0.2, 0.25) is 0 Å². The molecule has 0 saturated carbocycles. The molecule has 3 heterocycles. The van der Waals surface area contributed by atoms with E-state index in [1.807, 2.05) is 30.3 Å². The fourth-order valence-corrected chi connectivity index (χ4v) is 3.32. The van der Waals surface area contributed by atoms with Crippen molar-refractivity contribution in [2.45, 2.75) is 18.6 Å². The van der Waals surface area contributed by atoms with E-state index in [4.69, 9.17) is 9.47 Å². The van der Waals surface area contributed by atoms with Crippen molar-refractivity contribution < 1.29 is 9.47 Å². The van der Waals surface area contributed by atoms with Gasteiger partial charge in [0.25, 0.3) is 5.56 Å². The number of ether oxygens (including phenoxy) is 2. The molecule has 0 atom stereocenters. The molecular formula is C17H19N3O3. The molecule has 23 heavy (non-hydrogen) atoms. The van der Waals surface area contributed by atoms with Gasteiger partial charge in [-0.1, -0.05) is 30.3 Å². The number of aromatic nitrogens is 2. The van der Waals surface area contributed by atoms with Gasteiger partial charge in [-0.2, -0.15) is 5.10 Å². The molecule has 2 aromatic rings. The van der Waals surface area contributed by atoms with Crippen LogP contribution in [-0.4, -0.2) is 42.3 Å². The molecule has 0 amide bonds. The smallest absolute Gasteiger partial charge is 0.266 e. The van der Waals surface area contributed by atoms with E-state index >= 15 is 0 Å². The second kappa shape index (κ2) is 5.79. The third-order valence-electron chi connectivity index (χ3n) is 4.52. The average Bonchev–Trinajstić information content (AvgIpc) is 3.04. The predicted molar refractivity (Wildman–Crippen MR) is 86.4 cm³/mol. The first kappa shape index (κ1) is 14.4. The summed E-state index contributed by atoms with van der Waals surface area (Å²) in [5.74, 6) is -0.419. The summed E-state index contributed by atoms with van der Waals surface area (Å²) in [4.78, 5) is 14.0. The Balaban J connectivity index is 1.64. The van der Waals surface area contributed by atoms with Gasteiger partial charge in [0, 0.05) is 37.6 Å². The molecule has 1 aromatic carbocycles. The Labute approximate surface area is 134 Å². The average molecular weight is 313 g/mol. The molecular weight excluding hydrogens is 294 g/mol. The first-order valence-electron chi connectivity index (χ1n) is 7.94. The van der Waals surface area contributed by atoms with Crippen molar-refractivity contribution in [1.82, 2.24) is 10.2 Å². The number of rotatable bonds is 2. The van der Waals surface area contributed by atoms with Crippen LogP contribution in [0.1, 0.15) is 12.8 Å². The standard InChI is InChI=1S/C17H19N3O3/c21-15-12-14(16(19-18-15)13-4-2-1-3-5-13)20-8-6-17(7-9-20)22-10-11-23-17/h1-5,12H,6-11H2,(H,18,21). The highest BCUT2D eigenvalue weighted by atomic mass is 16.7. The molecule has 1 aromatic heterocycles. The Hall–Kier alpha value is -2.18. The van der Waals surface area contributed by atoms with Crippen molar-refractivity contribution in [2.24, 2.45) is 0 Å². The molecule has 0 aliphatic carbocycles. The van der Waals surface area contributed by atoms with Gasteiger partial charge in [0.2, 0.25) is 0 Å². The first-order chi connectivity index (χ1) is 11.3. The molecule has 2 aliphatic rings. The second-order valence-electron chi connectivity index (χ2n) is 5.93. The third kappa shape index (κ3) is 2.75. The quantitative estimate of drug-likeness (QED) is 0.915.